The summed E-state index contributed by atoms with van der Waals surface area (Å²) in [7, 11) is 0. The molecule has 1 fully saturated rings. The van der Waals surface area contributed by atoms with E-state index in [-0.39, 0.29) is 5.02 Å². The van der Waals surface area contributed by atoms with Crippen LogP contribution in [0, 0.1) is 5.82 Å². The fourth-order valence-electron chi connectivity index (χ4n) is 1.77. The van der Waals surface area contributed by atoms with Crippen LogP contribution in [0.1, 0.15) is 18.7 Å². The van der Waals surface area contributed by atoms with Crippen molar-refractivity contribution < 1.29 is 8.81 Å². The Morgan fingerprint density at radius 1 is 1.37 bits per heavy atom. The summed E-state index contributed by atoms with van der Waals surface area (Å²) in [6.45, 7) is 0.821. The summed E-state index contributed by atoms with van der Waals surface area (Å²) in [6, 6.07) is 5.09. The van der Waals surface area contributed by atoms with Gasteiger partial charge >= 0.3 is 0 Å². The molecule has 4 nitrogen and oxygen atoms in total. The first-order chi connectivity index (χ1) is 9.22. The fourth-order valence-corrected chi connectivity index (χ4v) is 1.89. The van der Waals surface area contributed by atoms with E-state index in [1.54, 1.807) is 6.07 Å². The Kier molecular flexibility index (Phi) is 3.48. The molecule has 19 heavy (non-hydrogen) atoms. The Morgan fingerprint density at radius 3 is 2.95 bits per heavy atom. The molecule has 1 saturated carbocycles. The van der Waals surface area contributed by atoms with Gasteiger partial charge in [0.25, 0.3) is 0 Å². The van der Waals surface area contributed by atoms with Gasteiger partial charge in [-0.2, -0.15) is 0 Å². The summed E-state index contributed by atoms with van der Waals surface area (Å²) in [5.74, 6) is 0.379. The quantitative estimate of drug-likeness (QED) is 0.916. The summed E-state index contributed by atoms with van der Waals surface area (Å²) < 4.78 is 18.8. The van der Waals surface area contributed by atoms with Crippen molar-refractivity contribution in [1.29, 1.82) is 0 Å². The minimum Gasteiger partial charge on any atom is -0.421 e. The molecule has 1 aromatic carbocycles. The van der Waals surface area contributed by atoms with Crippen molar-refractivity contribution in [1.82, 2.24) is 15.5 Å². The maximum Gasteiger partial charge on any atom is 0.247 e. The zero-order valence-corrected chi connectivity index (χ0v) is 11.0. The lowest BCUT2D eigenvalue weighted by molar-refractivity contribution is 0.493. The van der Waals surface area contributed by atoms with Gasteiger partial charge in [-0.05, 0) is 31.0 Å². The maximum atomic E-state index is 13.3. The summed E-state index contributed by atoms with van der Waals surface area (Å²) in [5.41, 5.74) is 0.538. The minimum atomic E-state index is -0.491. The molecule has 0 aliphatic heterocycles. The first kappa shape index (κ1) is 12.6. The fraction of sp³-hybridized carbons (Fsp3) is 0.385. The standard InChI is InChI=1S/C13H13ClFN3O/c14-10-4-1-8(7-11(10)15)13-18-17-12(19-13)5-6-16-9-2-3-9/h1,4,7,9,16H,2-3,5-6H2. The molecular formula is C13H13ClFN3O. The van der Waals surface area contributed by atoms with E-state index >= 15 is 0 Å². The molecule has 1 aliphatic carbocycles. The third-order valence-electron chi connectivity index (χ3n) is 2.98. The minimum absolute atomic E-state index is 0.0807. The molecule has 0 unspecified atom stereocenters. The van der Waals surface area contributed by atoms with E-state index in [0.717, 1.165) is 6.54 Å². The predicted molar refractivity (Wildman–Crippen MR) is 69.4 cm³/mol. The highest BCUT2D eigenvalue weighted by Gasteiger charge is 2.20. The average molecular weight is 282 g/mol. The lowest BCUT2D eigenvalue weighted by atomic mass is 10.2. The molecule has 0 bridgehead atoms. The first-order valence-corrected chi connectivity index (χ1v) is 6.61. The average Bonchev–Trinajstić information content (AvgIpc) is 3.10. The summed E-state index contributed by atoms with van der Waals surface area (Å²) in [4.78, 5) is 0. The van der Waals surface area contributed by atoms with Gasteiger partial charge < -0.3 is 9.73 Å². The van der Waals surface area contributed by atoms with Crippen LogP contribution >= 0.6 is 11.6 Å². The van der Waals surface area contributed by atoms with Crippen LogP contribution in [0.2, 0.25) is 5.02 Å². The normalized spacial score (nSPS) is 14.8. The van der Waals surface area contributed by atoms with Crippen LogP contribution in [-0.2, 0) is 6.42 Å². The molecule has 0 spiro atoms. The van der Waals surface area contributed by atoms with Crippen LogP contribution in [0.3, 0.4) is 0 Å². The Labute approximate surface area is 115 Å². The van der Waals surface area contributed by atoms with Gasteiger partial charge in [-0.1, -0.05) is 11.6 Å². The molecule has 100 valence electrons. The number of rotatable bonds is 5. The third-order valence-corrected chi connectivity index (χ3v) is 3.29. The summed E-state index contributed by atoms with van der Waals surface area (Å²) in [5, 5.41) is 11.3. The van der Waals surface area contributed by atoms with Crippen molar-refractivity contribution in [2.75, 3.05) is 6.54 Å². The van der Waals surface area contributed by atoms with Gasteiger partial charge in [-0.25, -0.2) is 4.39 Å². The van der Waals surface area contributed by atoms with Crippen molar-refractivity contribution in [2.45, 2.75) is 25.3 Å². The number of halogens is 2. The number of aromatic nitrogens is 2. The van der Waals surface area contributed by atoms with Crippen LogP contribution in [0.15, 0.2) is 22.6 Å². The number of nitrogens with zero attached hydrogens (tertiary/aromatic N) is 2. The SMILES string of the molecule is Fc1cc(-c2nnc(CCNC3CC3)o2)ccc1Cl. The monoisotopic (exact) mass is 281 g/mol. The van der Waals surface area contributed by atoms with Crippen LogP contribution in [0.5, 0.6) is 0 Å². The Bertz CT molecular complexity index is 583. The summed E-state index contributed by atoms with van der Waals surface area (Å²) >= 11 is 5.63. The van der Waals surface area contributed by atoms with Gasteiger partial charge in [-0.15, -0.1) is 10.2 Å². The van der Waals surface area contributed by atoms with Crippen molar-refractivity contribution in [3.8, 4) is 11.5 Å². The van der Waals surface area contributed by atoms with Crippen LogP contribution in [-0.4, -0.2) is 22.8 Å². The predicted octanol–water partition coefficient (Wildman–Crippen LogP) is 2.82. The van der Waals surface area contributed by atoms with E-state index in [1.807, 2.05) is 0 Å². The van der Waals surface area contributed by atoms with Crippen molar-refractivity contribution in [2.24, 2.45) is 0 Å². The van der Waals surface area contributed by atoms with Gasteiger partial charge in [0.1, 0.15) is 5.82 Å². The smallest absolute Gasteiger partial charge is 0.247 e. The summed E-state index contributed by atoms with van der Waals surface area (Å²) in [6.07, 6.45) is 3.18. The zero-order chi connectivity index (χ0) is 13.2. The third kappa shape index (κ3) is 3.11. The van der Waals surface area contributed by atoms with Crippen molar-refractivity contribution in [3.63, 3.8) is 0 Å². The van der Waals surface area contributed by atoms with Gasteiger partial charge in [-0.3, -0.25) is 0 Å². The number of hydrogen-bond donors (Lipinski definition) is 1. The molecule has 2 aromatic rings. The zero-order valence-electron chi connectivity index (χ0n) is 10.2. The van der Waals surface area contributed by atoms with Crippen molar-refractivity contribution in [3.05, 3.63) is 34.9 Å². The molecule has 6 heteroatoms. The molecule has 1 N–H and O–H groups in total. The first-order valence-electron chi connectivity index (χ1n) is 6.23. The van der Waals surface area contributed by atoms with Gasteiger partial charge in [0.2, 0.25) is 11.8 Å². The number of benzene rings is 1. The van der Waals surface area contributed by atoms with Crippen LogP contribution in [0.25, 0.3) is 11.5 Å². The number of nitrogens with one attached hydrogen (secondary N) is 1. The number of hydrogen-bond acceptors (Lipinski definition) is 4. The molecule has 1 heterocycles. The van der Waals surface area contributed by atoms with E-state index < -0.39 is 5.82 Å². The second-order valence-corrected chi connectivity index (χ2v) is 5.02. The molecule has 0 atom stereocenters. The lowest BCUT2D eigenvalue weighted by Gasteiger charge is -1.98. The highest BCUT2D eigenvalue weighted by atomic mass is 35.5. The van der Waals surface area contributed by atoms with Gasteiger partial charge in [0.05, 0.1) is 5.02 Å². The molecule has 3 rings (SSSR count). The van der Waals surface area contributed by atoms with Crippen LogP contribution < -0.4 is 5.32 Å². The largest absolute Gasteiger partial charge is 0.421 e. The topological polar surface area (TPSA) is 51.0 Å². The molecule has 1 aliphatic rings. The van der Waals surface area contributed by atoms with E-state index in [0.29, 0.717) is 29.8 Å². The van der Waals surface area contributed by atoms with Crippen LogP contribution in [0.4, 0.5) is 4.39 Å². The highest BCUT2D eigenvalue weighted by molar-refractivity contribution is 6.30. The van der Waals surface area contributed by atoms with Gasteiger partial charge in [0, 0.05) is 24.6 Å². The molecule has 0 radical (unpaired) electrons. The lowest BCUT2D eigenvalue weighted by Crippen LogP contribution is -2.19. The Hall–Kier alpha value is -1.46. The maximum absolute atomic E-state index is 13.3. The van der Waals surface area contributed by atoms with E-state index in [9.17, 15) is 4.39 Å². The second-order valence-electron chi connectivity index (χ2n) is 4.61. The highest BCUT2D eigenvalue weighted by Crippen LogP contribution is 2.23. The van der Waals surface area contributed by atoms with E-state index in [4.69, 9.17) is 16.0 Å². The molecule has 1 aromatic heterocycles. The molecule has 0 amide bonds. The Balaban J connectivity index is 1.67. The van der Waals surface area contributed by atoms with E-state index in [1.165, 1.54) is 25.0 Å². The van der Waals surface area contributed by atoms with Gasteiger partial charge in [0.15, 0.2) is 0 Å². The molecular weight excluding hydrogens is 269 g/mol. The molecule has 0 saturated heterocycles. The van der Waals surface area contributed by atoms with E-state index in [2.05, 4.69) is 15.5 Å². The second kappa shape index (κ2) is 5.27. The Morgan fingerprint density at radius 2 is 2.21 bits per heavy atom. The van der Waals surface area contributed by atoms with Crippen molar-refractivity contribution >= 4 is 11.6 Å².